The summed E-state index contributed by atoms with van der Waals surface area (Å²) in [7, 11) is -0.605. The van der Waals surface area contributed by atoms with Crippen LogP contribution in [0, 0.1) is 10.1 Å². The first-order valence-electron chi connectivity index (χ1n) is 5.77. The molecule has 116 valence electrons. The van der Waals surface area contributed by atoms with E-state index in [2.05, 4.69) is 21.2 Å². The van der Waals surface area contributed by atoms with E-state index < -0.39 is 20.9 Å². The second-order valence-electron chi connectivity index (χ2n) is 4.28. The lowest BCUT2D eigenvalue weighted by atomic mass is 10.2. The molecule has 1 aromatic rings. The highest BCUT2D eigenvalue weighted by atomic mass is 79.9. The summed E-state index contributed by atoms with van der Waals surface area (Å²) in [5.41, 5.74) is -0.143. The van der Waals surface area contributed by atoms with Crippen molar-refractivity contribution in [3.63, 3.8) is 0 Å². The van der Waals surface area contributed by atoms with Crippen LogP contribution < -0.4 is 5.32 Å². The van der Waals surface area contributed by atoms with Crippen molar-refractivity contribution in [1.82, 2.24) is 9.62 Å². The SMILES string of the molecule is CN(C)S(=O)(=O)CCNC(=O)c1ccc(Br)c([N+](=O)[O-])c1. The van der Waals surface area contributed by atoms with Crippen LogP contribution in [0.5, 0.6) is 0 Å². The number of nitro benzene ring substituents is 1. The fourth-order valence-corrected chi connectivity index (χ4v) is 2.49. The number of hydrogen-bond acceptors (Lipinski definition) is 5. The number of sulfonamides is 1. The minimum absolute atomic E-state index is 0.0802. The topological polar surface area (TPSA) is 110 Å². The fourth-order valence-electron chi connectivity index (χ4n) is 1.37. The molecule has 1 aromatic carbocycles. The summed E-state index contributed by atoms with van der Waals surface area (Å²) in [6.07, 6.45) is 0. The number of nitrogens with one attached hydrogen (secondary N) is 1. The van der Waals surface area contributed by atoms with Gasteiger partial charge in [-0.3, -0.25) is 14.9 Å². The second kappa shape index (κ2) is 6.96. The largest absolute Gasteiger partial charge is 0.351 e. The van der Waals surface area contributed by atoms with Crippen molar-refractivity contribution in [3.8, 4) is 0 Å². The number of carbonyl (C=O) groups excluding carboxylic acids is 1. The van der Waals surface area contributed by atoms with Crippen LogP contribution in [0.3, 0.4) is 0 Å². The number of hydrogen-bond donors (Lipinski definition) is 1. The highest BCUT2D eigenvalue weighted by Crippen LogP contribution is 2.25. The average molecular weight is 380 g/mol. The molecule has 0 saturated carbocycles. The van der Waals surface area contributed by atoms with Gasteiger partial charge in [0.15, 0.2) is 0 Å². The number of amides is 1. The van der Waals surface area contributed by atoms with Crippen LogP contribution in [-0.4, -0.2) is 49.9 Å². The summed E-state index contributed by atoms with van der Waals surface area (Å²) < 4.78 is 24.4. The molecule has 21 heavy (non-hydrogen) atoms. The third-order valence-electron chi connectivity index (χ3n) is 2.61. The molecule has 0 aliphatic carbocycles. The van der Waals surface area contributed by atoms with Crippen LogP contribution in [0.4, 0.5) is 5.69 Å². The van der Waals surface area contributed by atoms with Crippen LogP contribution >= 0.6 is 15.9 Å². The van der Waals surface area contributed by atoms with Gasteiger partial charge < -0.3 is 5.32 Å². The maximum absolute atomic E-state index is 11.8. The standard InChI is InChI=1S/C11H14BrN3O5S/c1-14(2)21(19,20)6-5-13-11(16)8-3-4-9(12)10(7-8)15(17)18/h3-4,7H,5-6H2,1-2H3,(H,13,16). The number of halogens is 1. The van der Waals surface area contributed by atoms with Gasteiger partial charge in [0.25, 0.3) is 11.6 Å². The zero-order valence-electron chi connectivity index (χ0n) is 11.4. The summed E-state index contributed by atoms with van der Waals surface area (Å²) in [5.74, 6) is -0.816. The molecule has 1 amide bonds. The summed E-state index contributed by atoms with van der Waals surface area (Å²) in [4.78, 5) is 22.0. The molecule has 0 unspecified atom stereocenters. The van der Waals surface area contributed by atoms with E-state index >= 15 is 0 Å². The summed E-state index contributed by atoms with van der Waals surface area (Å²) in [6.45, 7) is -0.0802. The van der Waals surface area contributed by atoms with Crippen LogP contribution in [0.2, 0.25) is 0 Å². The van der Waals surface area contributed by atoms with E-state index in [1.54, 1.807) is 0 Å². The van der Waals surface area contributed by atoms with Gasteiger partial charge in [0, 0.05) is 32.3 Å². The average Bonchev–Trinajstić information content (AvgIpc) is 2.38. The first kappa shape index (κ1) is 17.5. The Morgan fingerprint density at radius 1 is 1.43 bits per heavy atom. The zero-order valence-corrected chi connectivity index (χ0v) is 13.8. The molecular weight excluding hydrogens is 366 g/mol. The molecule has 0 heterocycles. The van der Waals surface area contributed by atoms with Gasteiger partial charge >= 0.3 is 0 Å². The van der Waals surface area contributed by atoms with Crippen molar-refractivity contribution >= 4 is 37.5 Å². The lowest BCUT2D eigenvalue weighted by molar-refractivity contribution is -0.385. The Morgan fingerprint density at radius 2 is 2.05 bits per heavy atom. The molecule has 0 saturated heterocycles. The van der Waals surface area contributed by atoms with Gasteiger partial charge in [-0.15, -0.1) is 0 Å². The highest BCUT2D eigenvalue weighted by molar-refractivity contribution is 9.10. The van der Waals surface area contributed by atoms with E-state index in [0.29, 0.717) is 0 Å². The van der Waals surface area contributed by atoms with Crippen LogP contribution in [0.15, 0.2) is 22.7 Å². The number of benzene rings is 1. The summed E-state index contributed by atoms with van der Waals surface area (Å²) in [6, 6.07) is 3.93. The number of nitro groups is 1. The van der Waals surface area contributed by atoms with Crippen LogP contribution in [0.25, 0.3) is 0 Å². The number of nitrogens with zero attached hydrogens (tertiary/aromatic N) is 2. The van der Waals surface area contributed by atoms with Gasteiger partial charge in [-0.1, -0.05) is 0 Å². The minimum atomic E-state index is -3.40. The summed E-state index contributed by atoms with van der Waals surface area (Å²) in [5, 5.41) is 13.2. The quantitative estimate of drug-likeness (QED) is 0.584. The Labute approximate surface area is 130 Å². The van der Waals surface area contributed by atoms with Gasteiger partial charge in [-0.25, -0.2) is 12.7 Å². The summed E-state index contributed by atoms with van der Waals surface area (Å²) >= 11 is 3.02. The zero-order chi connectivity index (χ0) is 16.2. The Balaban J connectivity index is 2.73. The van der Waals surface area contributed by atoms with E-state index in [1.165, 1.54) is 26.2 Å². The van der Waals surface area contributed by atoms with E-state index in [4.69, 9.17) is 0 Å². The van der Waals surface area contributed by atoms with E-state index in [-0.39, 0.29) is 28.0 Å². The smallest absolute Gasteiger partial charge is 0.284 e. The second-order valence-corrected chi connectivity index (χ2v) is 7.43. The molecular formula is C11H14BrN3O5S. The van der Waals surface area contributed by atoms with E-state index in [1.807, 2.05) is 0 Å². The molecule has 0 spiro atoms. The number of rotatable bonds is 6. The first-order chi connectivity index (χ1) is 9.65. The lowest BCUT2D eigenvalue weighted by Crippen LogP contribution is -2.33. The molecule has 1 N–H and O–H groups in total. The molecule has 0 bridgehead atoms. The van der Waals surface area contributed by atoms with Gasteiger partial charge in [-0.05, 0) is 28.1 Å². The van der Waals surface area contributed by atoms with Crippen LogP contribution in [0.1, 0.15) is 10.4 Å². The molecule has 10 heteroatoms. The molecule has 0 radical (unpaired) electrons. The molecule has 0 aromatic heterocycles. The molecule has 0 fully saturated rings. The van der Waals surface area contributed by atoms with Gasteiger partial charge in [0.05, 0.1) is 15.1 Å². The normalized spacial score (nSPS) is 11.4. The first-order valence-corrected chi connectivity index (χ1v) is 8.17. The molecule has 8 nitrogen and oxygen atoms in total. The van der Waals surface area contributed by atoms with Gasteiger partial charge in [-0.2, -0.15) is 0 Å². The van der Waals surface area contributed by atoms with Crippen molar-refractivity contribution in [2.75, 3.05) is 26.4 Å². The van der Waals surface area contributed by atoms with Gasteiger partial charge in [0.1, 0.15) is 0 Å². The Hall–Kier alpha value is -1.52. The van der Waals surface area contributed by atoms with Crippen LogP contribution in [-0.2, 0) is 10.0 Å². The Kier molecular flexibility index (Phi) is 5.81. The maximum atomic E-state index is 11.8. The number of carbonyl (C=O) groups is 1. The fraction of sp³-hybridized carbons (Fsp3) is 0.364. The van der Waals surface area contributed by atoms with Crippen molar-refractivity contribution in [3.05, 3.63) is 38.3 Å². The van der Waals surface area contributed by atoms with Crippen molar-refractivity contribution in [2.45, 2.75) is 0 Å². The van der Waals surface area contributed by atoms with E-state index in [9.17, 15) is 23.3 Å². The molecule has 1 rings (SSSR count). The van der Waals surface area contributed by atoms with Crippen molar-refractivity contribution in [1.29, 1.82) is 0 Å². The lowest BCUT2D eigenvalue weighted by Gasteiger charge is -2.11. The van der Waals surface area contributed by atoms with Crippen molar-refractivity contribution < 1.29 is 18.1 Å². The Morgan fingerprint density at radius 3 is 2.57 bits per heavy atom. The molecule has 0 aliphatic rings. The third-order valence-corrected chi connectivity index (χ3v) is 5.11. The predicted molar refractivity (Wildman–Crippen MR) is 80.6 cm³/mol. The Bertz CT molecular complexity index is 660. The monoisotopic (exact) mass is 379 g/mol. The third kappa shape index (κ3) is 4.76. The predicted octanol–water partition coefficient (Wildman–Crippen LogP) is 0.979. The van der Waals surface area contributed by atoms with Crippen molar-refractivity contribution in [2.24, 2.45) is 0 Å². The minimum Gasteiger partial charge on any atom is -0.351 e. The highest BCUT2D eigenvalue weighted by Gasteiger charge is 2.17. The van der Waals surface area contributed by atoms with E-state index in [0.717, 1.165) is 10.4 Å². The maximum Gasteiger partial charge on any atom is 0.284 e. The molecule has 0 aliphatic heterocycles. The molecule has 0 atom stereocenters. The van der Waals surface area contributed by atoms with Gasteiger partial charge in [0.2, 0.25) is 10.0 Å².